The number of rotatable bonds is 2. The molecule has 0 bridgehead atoms. The minimum absolute atomic E-state index is 0.309. The monoisotopic (exact) mass is 214 g/mol. The van der Waals surface area contributed by atoms with E-state index >= 15 is 0 Å². The van der Waals surface area contributed by atoms with Crippen molar-refractivity contribution in [3.05, 3.63) is 0 Å². The first-order chi connectivity index (χ1) is 6.40. The Morgan fingerprint density at radius 1 is 1.23 bits per heavy atom. The number of terminal acetylenes is 1. The second-order valence-corrected chi connectivity index (χ2v) is 6.35. The summed E-state index contributed by atoms with van der Waals surface area (Å²) < 4.78 is 5.84. The summed E-state index contributed by atoms with van der Waals surface area (Å²) in [5, 5.41) is 1.67. The zero-order valence-electron chi connectivity index (χ0n) is 7.57. The van der Waals surface area contributed by atoms with Crippen LogP contribution in [0.3, 0.4) is 0 Å². The van der Waals surface area contributed by atoms with E-state index in [4.69, 9.17) is 11.2 Å². The van der Waals surface area contributed by atoms with E-state index in [1.807, 2.05) is 23.5 Å². The number of thioether (sulfide) groups is 2. The lowest BCUT2D eigenvalue weighted by Gasteiger charge is -2.21. The normalized spacial score (nSPS) is 38.2. The summed E-state index contributed by atoms with van der Waals surface area (Å²) >= 11 is 3.96. The van der Waals surface area contributed by atoms with Crippen LogP contribution in [0.5, 0.6) is 0 Å². The van der Waals surface area contributed by atoms with Crippen LogP contribution in [0.1, 0.15) is 25.7 Å². The minimum atomic E-state index is 0.309. The van der Waals surface area contributed by atoms with Crippen LogP contribution in [0, 0.1) is 12.3 Å². The molecule has 72 valence electrons. The topological polar surface area (TPSA) is 9.23 Å². The van der Waals surface area contributed by atoms with Crippen molar-refractivity contribution in [3.8, 4) is 12.3 Å². The third-order valence-electron chi connectivity index (χ3n) is 2.52. The molecular formula is C10H14OS2. The van der Waals surface area contributed by atoms with Gasteiger partial charge >= 0.3 is 0 Å². The van der Waals surface area contributed by atoms with E-state index < -0.39 is 0 Å². The van der Waals surface area contributed by atoms with Gasteiger partial charge in [-0.1, -0.05) is 18.8 Å². The van der Waals surface area contributed by atoms with Crippen LogP contribution in [0.25, 0.3) is 0 Å². The van der Waals surface area contributed by atoms with Crippen LogP contribution in [-0.4, -0.2) is 21.9 Å². The maximum absolute atomic E-state index is 5.53. The zero-order chi connectivity index (χ0) is 9.10. The molecule has 0 radical (unpaired) electrons. The quantitative estimate of drug-likeness (QED) is 0.654. The fourth-order valence-corrected chi connectivity index (χ4v) is 5.48. The summed E-state index contributed by atoms with van der Waals surface area (Å²) in [5.74, 6) is 2.53. The molecule has 1 saturated heterocycles. The van der Waals surface area contributed by atoms with Crippen LogP contribution < -0.4 is 0 Å². The van der Waals surface area contributed by atoms with Crippen molar-refractivity contribution in [1.82, 2.24) is 0 Å². The van der Waals surface area contributed by atoms with Gasteiger partial charge in [-0.25, -0.2) is 0 Å². The SMILES string of the molecule is C#CCOC1SC2CCCCC2S1. The fraction of sp³-hybridized carbons (Fsp3) is 0.800. The van der Waals surface area contributed by atoms with Gasteiger partial charge in [0.05, 0.1) is 0 Å². The molecular weight excluding hydrogens is 200 g/mol. The summed E-state index contributed by atoms with van der Waals surface area (Å²) in [4.78, 5) is 0. The number of ether oxygens (including phenoxy) is 1. The van der Waals surface area contributed by atoms with E-state index in [-0.39, 0.29) is 0 Å². The summed E-state index contributed by atoms with van der Waals surface area (Å²) in [6.07, 6.45) is 10.7. The second kappa shape index (κ2) is 4.63. The molecule has 0 aromatic carbocycles. The van der Waals surface area contributed by atoms with Crippen molar-refractivity contribution in [3.63, 3.8) is 0 Å². The highest BCUT2D eigenvalue weighted by Gasteiger charge is 2.37. The van der Waals surface area contributed by atoms with E-state index in [0.29, 0.717) is 11.4 Å². The molecule has 2 atom stereocenters. The Bertz CT molecular complexity index is 197. The van der Waals surface area contributed by atoms with Crippen LogP contribution in [0.2, 0.25) is 0 Å². The van der Waals surface area contributed by atoms with E-state index in [0.717, 1.165) is 10.5 Å². The second-order valence-electron chi connectivity index (χ2n) is 3.44. The largest absolute Gasteiger partial charge is 0.345 e. The van der Waals surface area contributed by atoms with Crippen LogP contribution >= 0.6 is 23.5 Å². The maximum Gasteiger partial charge on any atom is 0.151 e. The van der Waals surface area contributed by atoms with Crippen molar-refractivity contribution in [2.75, 3.05) is 6.61 Å². The first kappa shape index (κ1) is 9.76. The average molecular weight is 214 g/mol. The van der Waals surface area contributed by atoms with Crippen molar-refractivity contribution in [2.24, 2.45) is 0 Å². The molecule has 1 nitrogen and oxygen atoms in total. The Balaban J connectivity index is 1.81. The molecule has 3 heteroatoms. The lowest BCUT2D eigenvalue weighted by atomic mass is 10.00. The number of hydrogen-bond donors (Lipinski definition) is 0. The van der Waals surface area contributed by atoms with E-state index in [1.165, 1.54) is 25.7 Å². The van der Waals surface area contributed by atoms with E-state index in [1.54, 1.807) is 0 Å². The molecule has 1 aliphatic heterocycles. The molecule has 2 fully saturated rings. The molecule has 0 aromatic rings. The number of fused-ring (bicyclic) bond motifs is 1. The van der Waals surface area contributed by atoms with E-state index in [9.17, 15) is 0 Å². The van der Waals surface area contributed by atoms with Gasteiger partial charge in [-0.2, -0.15) is 0 Å². The fourth-order valence-electron chi connectivity index (χ4n) is 1.89. The van der Waals surface area contributed by atoms with Crippen LogP contribution in [-0.2, 0) is 4.74 Å². The average Bonchev–Trinajstić information content (AvgIpc) is 2.57. The van der Waals surface area contributed by atoms with Crippen LogP contribution in [0.4, 0.5) is 0 Å². The van der Waals surface area contributed by atoms with Gasteiger partial charge in [0.2, 0.25) is 0 Å². The van der Waals surface area contributed by atoms with Crippen molar-refractivity contribution in [2.45, 2.75) is 41.0 Å². The first-order valence-corrected chi connectivity index (χ1v) is 6.64. The molecule has 13 heavy (non-hydrogen) atoms. The van der Waals surface area contributed by atoms with Gasteiger partial charge in [0.15, 0.2) is 4.77 Å². The van der Waals surface area contributed by atoms with Gasteiger partial charge in [0.1, 0.15) is 6.61 Å². The Hall–Kier alpha value is 0.220. The van der Waals surface area contributed by atoms with Gasteiger partial charge in [-0.15, -0.1) is 29.9 Å². The summed E-state index contributed by atoms with van der Waals surface area (Å²) in [6, 6.07) is 0. The molecule has 1 aliphatic carbocycles. The molecule has 0 N–H and O–H groups in total. The molecule has 1 heterocycles. The number of hydrogen-bond acceptors (Lipinski definition) is 3. The molecule has 0 amide bonds. The van der Waals surface area contributed by atoms with Gasteiger partial charge in [0.25, 0.3) is 0 Å². The van der Waals surface area contributed by atoms with Gasteiger partial charge in [-0.3, -0.25) is 0 Å². The maximum atomic E-state index is 5.53. The van der Waals surface area contributed by atoms with Crippen molar-refractivity contribution >= 4 is 23.5 Å². The Morgan fingerprint density at radius 3 is 2.38 bits per heavy atom. The minimum Gasteiger partial charge on any atom is -0.345 e. The van der Waals surface area contributed by atoms with E-state index in [2.05, 4.69) is 5.92 Å². The third-order valence-corrected chi connectivity index (χ3v) is 5.90. The third kappa shape index (κ3) is 2.37. The predicted molar refractivity (Wildman–Crippen MR) is 59.8 cm³/mol. The Kier molecular flexibility index (Phi) is 3.48. The van der Waals surface area contributed by atoms with Crippen molar-refractivity contribution < 1.29 is 4.74 Å². The zero-order valence-corrected chi connectivity index (χ0v) is 9.20. The highest BCUT2D eigenvalue weighted by atomic mass is 32.2. The van der Waals surface area contributed by atoms with Gasteiger partial charge in [-0.05, 0) is 12.8 Å². The highest BCUT2D eigenvalue weighted by molar-refractivity contribution is 8.20. The molecule has 0 spiro atoms. The molecule has 2 rings (SSSR count). The van der Waals surface area contributed by atoms with Crippen LogP contribution in [0.15, 0.2) is 0 Å². The molecule has 2 aliphatic rings. The van der Waals surface area contributed by atoms with Crippen molar-refractivity contribution in [1.29, 1.82) is 0 Å². The Morgan fingerprint density at radius 2 is 1.85 bits per heavy atom. The van der Waals surface area contributed by atoms with Gasteiger partial charge in [0, 0.05) is 10.5 Å². The summed E-state index contributed by atoms with van der Waals surface area (Å²) in [5.41, 5.74) is 0. The highest BCUT2D eigenvalue weighted by Crippen LogP contribution is 2.49. The van der Waals surface area contributed by atoms with Gasteiger partial charge < -0.3 is 4.74 Å². The first-order valence-electron chi connectivity index (χ1n) is 4.76. The lowest BCUT2D eigenvalue weighted by molar-refractivity contribution is 0.201. The summed E-state index contributed by atoms with van der Waals surface area (Å²) in [7, 11) is 0. The predicted octanol–water partition coefficient (Wildman–Crippen LogP) is 2.71. The smallest absolute Gasteiger partial charge is 0.151 e. The standard InChI is InChI=1S/C10H14OS2/c1-2-7-11-10-12-8-5-3-4-6-9(8)13-10/h1,8-10H,3-7H2. The summed E-state index contributed by atoms with van der Waals surface area (Å²) in [6.45, 7) is 0.462. The Labute approximate surface area is 88.4 Å². The molecule has 1 saturated carbocycles. The molecule has 0 aromatic heterocycles. The lowest BCUT2D eigenvalue weighted by Crippen LogP contribution is -2.19. The molecule has 2 unspecified atom stereocenters.